The van der Waals surface area contributed by atoms with Crippen molar-refractivity contribution in [1.29, 1.82) is 0 Å². The first-order chi connectivity index (χ1) is 12.4. The highest BCUT2D eigenvalue weighted by Crippen LogP contribution is 2.51. The summed E-state index contributed by atoms with van der Waals surface area (Å²) in [5, 5.41) is 0. The lowest BCUT2D eigenvalue weighted by Crippen LogP contribution is -2.33. The summed E-state index contributed by atoms with van der Waals surface area (Å²) in [5.74, 6) is 0. The van der Waals surface area contributed by atoms with E-state index in [1.165, 1.54) is 0 Å². The van der Waals surface area contributed by atoms with E-state index in [0.29, 0.717) is 34.2 Å². The van der Waals surface area contributed by atoms with Crippen molar-refractivity contribution < 1.29 is 0 Å². The van der Waals surface area contributed by atoms with Crippen molar-refractivity contribution in [2.45, 2.75) is 5.41 Å². The Labute approximate surface area is 142 Å². The fourth-order valence-corrected chi connectivity index (χ4v) is 3.29. The van der Waals surface area contributed by atoms with E-state index in [1.54, 1.807) is 62.0 Å². The van der Waals surface area contributed by atoms with Gasteiger partial charge in [0.1, 0.15) is 16.8 Å². The topological polar surface area (TPSA) is 103 Å². The van der Waals surface area contributed by atoms with Gasteiger partial charge in [-0.25, -0.2) is 0 Å². The average Bonchev–Trinajstić information content (AvgIpc) is 3.01. The second-order valence-electron chi connectivity index (χ2n) is 5.44. The molecule has 25 heavy (non-hydrogen) atoms. The minimum absolute atomic E-state index is 0.650. The largest absolute Gasteiger partial charge is 0.261 e. The SMILES string of the molecule is c1cnc(C2(c3cnccn3)c3nccnc3-c3nccnc32)cn1. The number of nitrogens with zero attached hydrogens (tertiary/aromatic N) is 8. The van der Waals surface area contributed by atoms with Gasteiger partial charge in [0.2, 0.25) is 0 Å². The summed E-state index contributed by atoms with van der Waals surface area (Å²) >= 11 is 0. The fourth-order valence-electron chi connectivity index (χ4n) is 3.29. The molecule has 0 fully saturated rings. The first kappa shape index (κ1) is 13.7. The number of hydrogen-bond donors (Lipinski definition) is 0. The van der Waals surface area contributed by atoms with E-state index >= 15 is 0 Å². The number of hydrogen-bond acceptors (Lipinski definition) is 8. The van der Waals surface area contributed by atoms with Crippen molar-refractivity contribution in [2.24, 2.45) is 0 Å². The van der Waals surface area contributed by atoms with Crippen molar-refractivity contribution in [3.63, 3.8) is 0 Å². The Balaban J connectivity index is 1.98. The molecule has 0 atom stereocenters. The Kier molecular flexibility index (Phi) is 2.84. The van der Waals surface area contributed by atoms with E-state index in [9.17, 15) is 0 Å². The van der Waals surface area contributed by atoms with Gasteiger partial charge in [-0.05, 0) is 0 Å². The van der Waals surface area contributed by atoms with E-state index in [0.717, 1.165) is 0 Å². The minimum Gasteiger partial charge on any atom is -0.261 e. The van der Waals surface area contributed by atoms with Crippen LogP contribution in [0.4, 0.5) is 0 Å². The monoisotopic (exact) mass is 326 g/mol. The Morgan fingerprint density at radius 2 is 0.920 bits per heavy atom. The van der Waals surface area contributed by atoms with Crippen molar-refractivity contribution in [1.82, 2.24) is 39.9 Å². The summed E-state index contributed by atoms with van der Waals surface area (Å²) in [7, 11) is 0. The predicted molar refractivity (Wildman–Crippen MR) is 86.1 cm³/mol. The van der Waals surface area contributed by atoms with Crippen LogP contribution < -0.4 is 0 Å². The lowest BCUT2D eigenvalue weighted by molar-refractivity contribution is 0.649. The molecule has 0 saturated heterocycles. The summed E-state index contributed by atoms with van der Waals surface area (Å²) in [6.07, 6.45) is 16.5. The van der Waals surface area contributed by atoms with E-state index in [1.807, 2.05) is 0 Å². The molecule has 8 heteroatoms. The van der Waals surface area contributed by atoms with Crippen LogP contribution in [-0.2, 0) is 5.41 Å². The van der Waals surface area contributed by atoms with Gasteiger partial charge in [0, 0.05) is 49.6 Å². The van der Waals surface area contributed by atoms with Crippen LogP contribution in [0.2, 0.25) is 0 Å². The molecule has 0 spiro atoms. The summed E-state index contributed by atoms with van der Waals surface area (Å²) in [5.41, 5.74) is 3.04. The zero-order valence-corrected chi connectivity index (χ0v) is 12.9. The molecule has 0 unspecified atom stereocenters. The Hall–Kier alpha value is -3.68. The van der Waals surface area contributed by atoms with Gasteiger partial charge in [-0.3, -0.25) is 39.9 Å². The van der Waals surface area contributed by atoms with Gasteiger partial charge in [0.05, 0.1) is 35.2 Å². The van der Waals surface area contributed by atoms with Crippen LogP contribution in [0.15, 0.2) is 62.0 Å². The zero-order valence-electron chi connectivity index (χ0n) is 12.9. The van der Waals surface area contributed by atoms with Gasteiger partial charge in [-0.1, -0.05) is 0 Å². The van der Waals surface area contributed by atoms with Crippen LogP contribution in [0.25, 0.3) is 11.4 Å². The quantitative estimate of drug-likeness (QED) is 0.477. The van der Waals surface area contributed by atoms with Crippen molar-refractivity contribution >= 4 is 0 Å². The second-order valence-corrected chi connectivity index (χ2v) is 5.44. The number of rotatable bonds is 2. The van der Waals surface area contributed by atoms with E-state index < -0.39 is 5.41 Å². The molecule has 1 aliphatic rings. The molecule has 118 valence electrons. The Morgan fingerprint density at radius 3 is 1.36 bits per heavy atom. The molecule has 8 nitrogen and oxygen atoms in total. The van der Waals surface area contributed by atoms with Gasteiger partial charge in [0.25, 0.3) is 0 Å². The molecule has 4 heterocycles. The molecule has 5 rings (SSSR count). The first-order valence-electron chi connectivity index (χ1n) is 7.58. The first-order valence-corrected chi connectivity index (χ1v) is 7.58. The average molecular weight is 326 g/mol. The van der Waals surface area contributed by atoms with E-state index in [2.05, 4.69) is 39.9 Å². The van der Waals surface area contributed by atoms with E-state index in [4.69, 9.17) is 0 Å². The fraction of sp³-hybridized carbons (Fsp3) is 0.0588. The van der Waals surface area contributed by atoms with Crippen molar-refractivity contribution in [3.8, 4) is 11.4 Å². The van der Waals surface area contributed by atoms with Gasteiger partial charge in [-0.15, -0.1) is 0 Å². The normalized spacial score (nSPS) is 13.9. The smallest absolute Gasteiger partial charge is 0.146 e. The van der Waals surface area contributed by atoms with Crippen LogP contribution in [0.3, 0.4) is 0 Å². The third-order valence-corrected chi connectivity index (χ3v) is 4.23. The molecule has 0 radical (unpaired) electrons. The molecule has 0 bridgehead atoms. The standard InChI is InChI=1S/C17H10N8/c1-3-20-11(9-18-1)17(12-10-19-2-4-21-12)15-13(22-5-7-24-15)14-16(17)25-8-6-23-14/h1-10H. The van der Waals surface area contributed by atoms with Crippen molar-refractivity contribution in [3.05, 3.63) is 84.7 Å². The number of fused-ring (bicyclic) bond motifs is 3. The summed E-state index contributed by atoms with van der Waals surface area (Å²) < 4.78 is 0. The molecule has 0 aromatic carbocycles. The minimum atomic E-state index is -0.949. The summed E-state index contributed by atoms with van der Waals surface area (Å²) in [4.78, 5) is 35.7. The van der Waals surface area contributed by atoms with E-state index in [-0.39, 0.29) is 0 Å². The van der Waals surface area contributed by atoms with Gasteiger partial charge in [-0.2, -0.15) is 0 Å². The molecule has 4 aromatic heterocycles. The maximum absolute atomic E-state index is 4.60. The highest BCUT2D eigenvalue weighted by atomic mass is 15.0. The molecule has 0 saturated carbocycles. The van der Waals surface area contributed by atoms with Gasteiger partial charge < -0.3 is 0 Å². The third kappa shape index (κ3) is 1.76. The maximum atomic E-state index is 4.60. The molecule has 0 N–H and O–H groups in total. The molecule has 0 amide bonds. The third-order valence-electron chi connectivity index (χ3n) is 4.23. The molecule has 0 aliphatic heterocycles. The van der Waals surface area contributed by atoms with Gasteiger partial charge >= 0.3 is 0 Å². The van der Waals surface area contributed by atoms with Crippen LogP contribution >= 0.6 is 0 Å². The Bertz CT molecular complexity index is 965. The van der Waals surface area contributed by atoms with Crippen LogP contribution in [0.1, 0.15) is 22.8 Å². The van der Waals surface area contributed by atoms with Crippen LogP contribution in [-0.4, -0.2) is 39.9 Å². The lowest BCUT2D eigenvalue weighted by atomic mass is 9.78. The highest BCUT2D eigenvalue weighted by Gasteiger charge is 2.53. The van der Waals surface area contributed by atoms with Crippen molar-refractivity contribution in [2.75, 3.05) is 0 Å². The molecular weight excluding hydrogens is 316 g/mol. The second kappa shape index (κ2) is 5.17. The molecular formula is C17H10N8. The highest BCUT2D eigenvalue weighted by molar-refractivity contribution is 5.76. The summed E-state index contributed by atoms with van der Waals surface area (Å²) in [6.45, 7) is 0. The molecule has 4 aromatic rings. The lowest BCUT2D eigenvalue weighted by Gasteiger charge is -2.27. The van der Waals surface area contributed by atoms with Crippen LogP contribution in [0.5, 0.6) is 0 Å². The predicted octanol–water partition coefficient (Wildman–Crippen LogP) is 1.21. The summed E-state index contributed by atoms with van der Waals surface area (Å²) in [6, 6.07) is 0. The van der Waals surface area contributed by atoms with Crippen LogP contribution in [0, 0.1) is 0 Å². The zero-order chi connectivity index (χ0) is 16.7. The number of aromatic nitrogens is 8. The van der Waals surface area contributed by atoms with Gasteiger partial charge in [0.15, 0.2) is 0 Å². The Morgan fingerprint density at radius 1 is 0.480 bits per heavy atom. The molecule has 1 aliphatic carbocycles. The maximum Gasteiger partial charge on any atom is 0.146 e.